The number of halogens is 3. The van der Waals surface area contributed by atoms with Crippen LogP contribution < -0.4 is 14.4 Å². The lowest BCUT2D eigenvalue weighted by molar-refractivity contribution is -0.141. The summed E-state index contributed by atoms with van der Waals surface area (Å²) < 4.78 is 55.5. The fraction of sp³-hybridized carbons (Fsp3) is 0.320. The quantitative estimate of drug-likeness (QED) is 0.343. The van der Waals surface area contributed by atoms with Crippen LogP contribution in [0.1, 0.15) is 25.3 Å². The highest BCUT2D eigenvalue weighted by atomic mass is 32.2. The van der Waals surface area contributed by atoms with E-state index in [1.54, 1.807) is 49.4 Å². The normalized spacial score (nSPS) is 14.3. The smallest absolute Gasteiger partial charge is 0.418 e. The lowest BCUT2D eigenvalue weighted by Crippen LogP contribution is -2.32. The molecule has 190 valence electrons. The van der Waals surface area contributed by atoms with Crippen LogP contribution in [0.2, 0.25) is 0 Å². The maximum atomic E-state index is 13.8. The molecule has 1 aliphatic rings. The van der Waals surface area contributed by atoms with Gasteiger partial charge in [0.15, 0.2) is 0 Å². The minimum atomic E-state index is -4.58. The highest BCUT2D eigenvalue weighted by Crippen LogP contribution is 2.40. The number of carbonyl (C=O) groups is 1. The van der Waals surface area contributed by atoms with Gasteiger partial charge in [0.1, 0.15) is 29.0 Å². The largest absolute Gasteiger partial charge is 0.493 e. The SMILES string of the molecule is CCOC(=O)CN1CCCCOc2ccccc2-c2nc(ccc2C(F)(F)F)NSc2cccc1n2. The summed E-state index contributed by atoms with van der Waals surface area (Å²) in [5.41, 5.74) is -0.794. The van der Waals surface area contributed by atoms with Crippen LogP contribution in [0, 0.1) is 0 Å². The first-order valence-corrected chi connectivity index (χ1v) is 12.3. The van der Waals surface area contributed by atoms with Crippen molar-refractivity contribution in [2.24, 2.45) is 0 Å². The molecule has 0 fully saturated rings. The molecular weight excluding hydrogens is 493 g/mol. The van der Waals surface area contributed by atoms with Crippen LogP contribution >= 0.6 is 11.9 Å². The molecule has 0 unspecified atom stereocenters. The van der Waals surface area contributed by atoms with Crippen LogP contribution in [-0.2, 0) is 15.7 Å². The summed E-state index contributed by atoms with van der Waals surface area (Å²) in [5.74, 6) is 0.800. The molecule has 0 atom stereocenters. The van der Waals surface area contributed by atoms with E-state index in [2.05, 4.69) is 14.7 Å². The number of fused-ring (bicyclic) bond motifs is 6. The van der Waals surface area contributed by atoms with Crippen molar-refractivity contribution >= 4 is 29.6 Å². The number of aromatic nitrogens is 2. The Morgan fingerprint density at radius 1 is 1.11 bits per heavy atom. The number of benzene rings is 1. The molecule has 0 aliphatic carbocycles. The van der Waals surface area contributed by atoms with Gasteiger partial charge in [0.05, 0.1) is 24.5 Å². The number of nitrogens with one attached hydrogen (secondary N) is 1. The fourth-order valence-corrected chi connectivity index (χ4v) is 4.31. The average molecular weight is 519 g/mol. The Balaban J connectivity index is 1.70. The van der Waals surface area contributed by atoms with E-state index in [1.165, 1.54) is 6.07 Å². The second kappa shape index (κ2) is 11.5. The van der Waals surface area contributed by atoms with Crippen LogP contribution in [0.25, 0.3) is 11.3 Å². The van der Waals surface area contributed by atoms with Gasteiger partial charge in [-0.05, 0) is 56.2 Å². The Labute approximate surface area is 211 Å². The number of anilines is 2. The molecule has 0 radical (unpaired) electrons. The van der Waals surface area contributed by atoms with E-state index in [0.717, 1.165) is 18.0 Å². The molecule has 0 spiro atoms. The standard InChI is InChI=1S/C25H25F3N4O3S/c1-2-34-23(33)16-32-14-5-6-15-35-19-9-4-3-8-17(19)24-18(25(26,27)28)12-13-20(29-24)31-36-22-11-7-10-21(32)30-22/h3-4,7-13H,2,5-6,14-16H2,1H3,(H,29,31). The van der Waals surface area contributed by atoms with Crippen molar-refractivity contribution in [1.29, 1.82) is 0 Å². The molecule has 7 nitrogen and oxygen atoms in total. The molecule has 1 aromatic carbocycles. The van der Waals surface area contributed by atoms with Gasteiger partial charge in [-0.3, -0.25) is 4.79 Å². The zero-order chi connectivity index (χ0) is 25.5. The molecule has 3 heterocycles. The number of pyridine rings is 2. The van der Waals surface area contributed by atoms with Gasteiger partial charge in [-0.15, -0.1) is 0 Å². The lowest BCUT2D eigenvalue weighted by atomic mass is 10.0. The second-order valence-corrected chi connectivity index (χ2v) is 8.73. The first-order chi connectivity index (χ1) is 17.3. The van der Waals surface area contributed by atoms with Crippen LogP contribution in [0.15, 0.2) is 59.6 Å². The number of alkyl halides is 3. The minimum Gasteiger partial charge on any atom is -0.493 e. The van der Waals surface area contributed by atoms with E-state index in [4.69, 9.17) is 9.47 Å². The number of esters is 1. The summed E-state index contributed by atoms with van der Waals surface area (Å²) in [6.07, 6.45) is -3.30. The highest BCUT2D eigenvalue weighted by molar-refractivity contribution is 8.00. The second-order valence-electron chi connectivity index (χ2n) is 7.91. The maximum Gasteiger partial charge on any atom is 0.418 e. The summed E-state index contributed by atoms with van der Waals surface area (Å²) in [6, 6.07) is 14.2. The lowest BCUT2D eigenvalue weighted by Gasteiger charge is -2.23. The average Bonchev–Trinajstić information content (AvgIpc) is 2.86. The van der Waals surface area contributed by atoms with Gasteiger partial charge in [-0.1, -0.05) is 18.2 Å². The Kier molecular flexibility index (Phi) is 8.19. The summed E-state index contributed by atoms with van der Waals surface area (Å²) in [6.45, 7) is 2.90. The fourth-order valence-electron chi connectivity index (χ4n) is 3.70. The molecule has 2 aromatic heterocycles. The molecule has 0 amide bonds. The Bertz CT molecular complexity index is 1210. The minimum absolute atomic E-state index is 0.0515. The zero-order valence-corrected chi connectivity index (χ0v) is 20.4. The van der Waals surface area contributed by atoms with Gasteiger partial charge < -0.3 is 19.1 Å². The number of nitrogens with zero attached hydrogens (tertiary/aromatic N) is 3. The molecule has 3 aromatic rings. The summed E-state index contributed by atoms with van der Waals surface area (Å²) in [7, 11) is 0. The van der Waals surface area contributed by atoms with Gasteiger partial charge in [-0.25, -0.2) is 9.97 Å². The summed E-state index contributed by atoms with van der Waals surface area (Å²) in [5, 5.41) is 0.570. The first kappa shape index (κ1) is 25.6. The topological polar surface area (TPSA) is 76.6 Å². The van der Waals surface area contributed by atoms with Crippen LogP contribution in [0.3, 0.4) is 0 Å². The molecule has 0 saturated carbocycles. The van der Waals surface area contributed by atoms with Crippen LogP contribution in [0.4, 0.5) is 24.8 Å². The molecule has 4 bridgehead atoms. The van der Waals surface area contributed by atoms with Crippen molar-refractivity contribution in [2.45, 2.75) is 31.0 Å². The molecule has 4 rings (SSSR count). The van der Waals surface area contributed by atoms with Gasteiger partial charge in [0.25, 0.3) is 0 Å². The summed E-state index contributed by atoms with van der Waals surface area (Å²) >= 11 is 1.11. The molecule has 1 aliphatic heterocycles. The van der Waals surface area contributed by atoms with Crippen LogP contribution in [0.5, 0.6) is 5.75 Å². The van der Waals surface area contributed by atoms with Gasteiger partial charge >= 0.3 is 12.1 Å². The van der Waals surface area contributed by atoms with E-state index in [0.29, 0.717) is 36.0 Å². The van der Waals surface area contributed by atoms with Crippen molar-refractivity contribution in [3.05, 3.63) is 60.2 Å². The third-order valence-corrected chi connectivity index (χ3v) is 6.09. The van der Waals surface area contributed by atoms with Crippen molar-refractivity contribution in [2.75, 3.05) is 35.9 Å². The number of hydrogen-bond donors (Lipinski definition) is 1. The first-order valence-electron chi connectivity index (χ1n) is 11.5. The van der Waals surface area contributed by atoms with E-state index in [1.807, 2.05) is 4.90 Å². The van der Waals surface area contributed by atoms with E-state index >= 15 is 0 Å². The van der Waals surface area contributed by atoms with Gasteiger partial charge in [-0.2, -0.15) is 13.2 Å². The number of carbonyl (C=O) groups excluding carboxylic acids is 1. The van der Waals surface area contributed by atoms with E-state index < -0.39 is 11.7 Å². The zero-order valence-electron chi connectivity index (χ0n) is 19.5. The molecular formula is C25H25F3N4O3S. The molecule has 36 heavy (non-hydrogen) atoms. The maximum absolute atomic E-state index is 13.8. The number of para-hydroxylation sites is 1. The Morgan fingerprint density at radius 2 is 1.94 bits per heavy atom. The van der Waals surface area contributed by atoms with Crippen molar-refractivity contribution < 1.29 is 27.4 Å². The van der Waals surface area contributed by atoms with Crippen molar-refractivity contribution in [3.8, 4) is 17.0 Å². The van der Waals surface area contributed by atoms with Crippen LogP contribution in [-0.4, -0.2) is 42.2 Å². The molecule has 11 heteroatoms. The van der Waals surface area contributed by atoms with Crippen molar-refractivity contribution in [3.63, 3.8) is 0 Å². The molecule has 0 saturated heterocycles. The predicted octanol–water partition coefficient (Wildman–Crippen LogP) is 5.82. The van der Waals surface area contributed by atoms with E-state index in [9.17, 15) is 18.0 Å². The third-order valence-electron chi connectivity index (χ3n) is 5.34. The summed E-state index contributed by atoms with van der Waals surface area (Å²) in [4.78, 5) is 22.9. The highest BCUT2D eigenvalue weighted by Gasteiger charge is 2.35. The Hall–Kier alpha value is -3.47. The molecule has 1 N–H and O–H groups in total. The number of hydrogen-bond acceptors (Lipinski definition) is 8. The van der Waals surface area contributed by atoms with Gasteiger partial charge in [0.2, 0.25) is 0 Å². The van der Waals surface area contributed by atoms with E-state index in [-0.39, 0.29) is 42.8 Å². The van der Waals surface area contributed by atoms with Crippen molar-refractivity contribution in [1.82, 2.24) is 9.97 Å². The number of rotatable bonds is 3. The third kappa shape index (κ3) is 6.39. The number of ether oxygens (including phenoxy) is 2. The van der Waals surface area contributed by atoms with Gasteiger partial charge in [0, 0.05) is 24.1 Å². The monoisotopic (exact) mass is 518 g/mol. The Morgan fingerprint density at radius 3 is 2.75 bits per heavy atom. The predicted molar refractivity (Wildman–Crippen MR) is 132 cm³/mol.